The van der Waals surface area contributed by atoms with Gasteiger partial charge in [-0.05, 0) is 42.3 Å². The largest absolute Gasteiger partial charge is 0.302 e. The van der Waals surface area contributed by atoms with Crippen molar-refractivity contribution in [2.75, 3.05) is 11.1 Å². The van der Waals surface area contributed by atoms with Crippen LogP contribution < -0.4 is 5.32 Å². The molecule has 1 aromatic heterocycles. The fourth-order valence-electron chi connectivity index (χ4n) is 2.48. The van der Waals surface area contributed by atoms with Crippen molar-refractivity contribution < 1.29 is 13.2 Å². The van der Waals surface area contributed by atoms with Gasteiger partial charge in [-0.3, -0.25) is 4.79 Å². The molecule has 1 heterocycles. The van der Waals surface area contributed by atoms with Crippen molar-refractivity contribution in [3.63, 3.8) is 0 Å². The number of fused-ring (bicyclic) bond motifs is 1. The average molecular weight is 409 g/mol. The van der Waals surface area contributed by atoms with Gasteiger partial charge in [0.1, 0.15) is 0 Å². The van der Waals surface area contributed by atoms with Crippen molar-refractivity contribution in [3.8, 4) is 0 Å². The minimum Gasteiger partial charge on any atom is -0.302 e. The molecule has 8 heteroatoms. The van der Waals surface area contributed by atoms with Crippen LogP contribution in [0.3, 0.4) is 0 Å². The van der Waals surface area contributed by atoms with Crippen molar-refractivity contribution >= 4 is 54.0 Å². The van der Waals surface area contributed by atoms with Crippen LogP contribution in [-0.4, -0.2) is 25.1 Å². The molecule has 3 rings (SSSR count). The number of nitrogens with zero attached hydrogens (tertiary/aromatic N) is 1. The molecule has 0 fully saturated rings. The number of hydrogen-bond acceptors (Lipinski definition) is 5. The Kier molecular flexibility index (Phi) is 5.32. The molecule has 0 radical (unpaired) electrons. The van der Waals surface area contributed by atoms with E-state index >= 15 is 0 Å². The van der Waals surface area contributed by atoms with Crippen molar-refractivity contribution in [1.29, 1.82) is 0 Å². The van der Waals surface area contributed by atoms with E-state index in [1.807, 2.05) is 19.1 Å². The number of halogens is 1. The lowest BCUT2D eigenvalue weighted by Crippen LogP contribution is -2.14. The lowest BCUT2D eigenvalue weighted by atomic mass is 10.1. The number of benzene rings is 2. The van der Waals surface area contributed by atoms with Crippen LogP contribution in [0.25, 0.3) is 10.2 Å². The number of thiazole rings is 1. The van der Waals surface area contributed by atoms with Gasteiger partial charge in [-0.15, -0.1) is 0 Å². The normalized spacial score (nSPS) is 11.7. The highest BCUT2D eigenvalue weighted by Gasteiger charge is 2.13. The SMILES string of the molecule is CCS(=O)(=O)c1ccc(CC(=O)Nc2nc3c(C)c(Cl)ccc3s2)cc1. The van der Waals surface area contributed by atoms with E-state index in [1.54, 1.807) is 19.1 Å². The fraction of sp³-hybridized carbons (Fsp3) is 0.222. The summed E-state index contributed by atoms with van der Waals surface area (Å²) < 4.78 is 24.6. The van der Waals surface area contributed by atoms with Crippen molar-refractivity contribution in [3.05, 3.63) is 52.5 Å². The zero-order chi connectivity index (χ0) is 18.9. The molecule has 0 atom stereocenters. The molecule has 0 saturated carbocycles. The highest BCUT2D eigenvalue weighted by molar-refractivity contribution is 7.91. The standard InChI is InChI=1S/C18H17ClN2O3S2/c1-3-26(23,24)13-6-4-12(5-7-13)10-16(22)20-18-21-17-11(2)14(19)8-9-15(17)25-18/h4-9H,3,10H2,1-2H3,(H,20,21,22). The predicted molar refractivity (Wildman–Crippen MR) is 106 cm³/mol. The summed E-state index contributed by atoms with van der Waals surface area (Å²) in [7, 11) is -3.23. The smallest absolute Gasteiger partial charge is 0.230 e. The Morgan fingerprint density at radius 3 is 2.54 bits per heavy atom. The Balaban J connectivity index is 1.72. The summed E-state index contributed by atoms with van der Waals surface area (Å²) >= 11 is 7.49. The molecule has 5 nitrogen and oxygen atoms in total. The van der Waals surface area contributed by atoms with Gasteiger partial charge in [-0.1, -0.05) is 42.0 Å². The number of hydrogen-bond donors (Lipinski definition) is 1. The van der Waals surface area contributed by atoms with Crippen LogP contribution in [0.4, 0.5) is 5.13 Å². The quantitative estimate of drug-likeness (QED) is 0.685. The third-order valence-corrected chi connectivity index (χ3v) is 7.12. The summed E-state index contributed by atoms with van der Waals surface area (Å²) in [5, 5.41) is 3.95. The second-order valence-corrected chi connectivity index (χ2v) is 9.53. The van der Waals surface area contributed by atoms with E-state index in [9.17, 15) is 13.2 Å². The molecular weight excluding hydrogens is 392 g/mol. The first-order valence-electron chi connectivity index (χ1n) is 7.97. The Morgan fingerprint density at radius 2 is 1.88 bits per heavy atom. The zero-order valence-corrected chi connectivity index (χ0v) is 16.6. The van der Waals surface area contributed by atoms with Gasteiger partial charge in [-0.25, -0.2) is 13.4 Å². The third kappa shape index (κ3) is 3.90. The Bertz CT molecular complexity index is 1070. The minimum atomic E-state index is -3.23. The number of nitrogens with one attached hydrogen (secondary N) is 1. The highest BCUT2D eigenvalue weighted by atomic mass is 35.5. The average Bonchev–Trinajstić information content (AvgIpc) is 3.02. The molecular formula is C18H17ClN2O3S2. The van der Waals surface area contributed by atoms with Crippen molar-refractivity contribution in [2.45, 2.75) is 25.2 Å². The predicted octanol–water partition coefficient (Wildman–Crippen LogP) is 4.23. The van der Waals surface area contributed by atoms with Gasteiger partial charge in [0, 0.05) is 5.02 Å². The summed E-state index contributed by atoms with van der Waals surface area (Å²) in [6, 6.07) is 10.1. The highest BCUT2D eigenvalue weighted by Crippen LogP contribution is 2.31. The van der Waals surface area contributed by atoms with Gasteiger partial charge in [0.15, 0.2) is 15.0 Å². The van der Waals surface area contributed by atoms with Gasteiger partial charge < -0.3 is 5.32 Å². The van der Waals surface area contributed by atoms with Crippen LogP contribution in [0.5, 0.6) is 0 Å². The summed E-state index contributed by atoms with van der Waals surface area (Å²) in [5.74, 6) is -0.160. The first-order valence-corrected chi connectivity index (χ1v) is 10.8. The van der Waals surface area contributed by atoms with Gasteiger partial charge in [-0.2, -0.15) is 0 Å². The first-order chi connectivity index (χ1) is 12.3. The number of aryl methyl sites for hydroxylation is 1. The van der Waals surface area contributed by atoms with Crippen LogP contribution in [0, 0.1) is 6.92 Å². The maximum absolute atomic E-state index is 12.3. The molecule has 1 N–H and O–H groups in total. The molecule has 3 aromatic rings. The van der Waals surface area contributed by atoms with Gasteiger partial charge in [0.05, 0.1) is 27.3 Å². The summed E-state index contributed by atoms with van der Waals surface area (Å²) in [5.41, 5.74) is 2.40. The Hall–Kier alpha value is -1.96. The molecule has 0 aliphatic carbocycles. The lowest BCUT2D eigenvalue weighted by molar-refractivity contribution is -0.115. The monoisotopic (exact) mass is 408 g/mol. The van der Waals surface area contributed by atoms with Crippen LogP contribution in [-0.2, 0) is 21.1 Å². The van der Waals surface area contributed by atoms with E-state index < -0.39 is 9.84 Å². The number of anilines is 1. The number of amides is 1. The van der Waals surface area contributed by atoms with Gasteiger partial charge in [0.25, 0.3) is 0 Å². The Labute approximate surface area is 160 Å². The molecule has 136 valence electrons. The molecule has 1 amide bonds. The third-order valence-electron chi connectivity index (χ3n) is 4.02. The van der Waals surface area contributed by atoms with E-state index in [0.717, 1.165) is 21.3 Å². The number of carbonyl (C=O) groups is 1. The van der Waals surface area contributed by atoms with Crippen LogP contribution in [0.1, 0.15) is 18.1 Å². The van der Waals surface area contributed by atoms with E-state index in [0.29, 0.717) is 10.2 Å². The minimum absolute atomic E-state index is 0.0495. The molecule has 0 spiro atoms. The van der Waals surface area contributed by atoms with E-state index in [1.165, 1.54) is 23.5 Å². The summed E-state index contributed by atoms with van der Waals surface area (Å²) in [4.78, 5) is 17.0. The fourth-order valence-corrected chi connectivity index (χ4v) is 4.46. The second kappa shape index (κ2) is 7.34. The molecule has 0 saturated heterocycles. The number of rotatable bonds is 5. The van der Waals surface area contributed by atoms with Crippen LogP contribution in [0.2, 0.25) is 5.02 Å². The number of carbonyl (C=O) groups excluding carboxylic acids is 1. The van der Waals surface area contributed by atoms with E-state index in [4.69, 9.17) is 11.6 Å². The Morgan fingerprint density at radius 1 is 1.19 bits per heavy atom. The maximum Gasteiger partial charge on any atom is 0.230 e. The van der Waals surface area contributed by atoms with Crippen LogP contribution >= 0.6 is 22.9 Å². The lowest BCUT2D eigenvalue weighted by Gasteiger charge is -2.04. The van der Waals surface area contributed by atoms with Crippen molar-refractivity contribution in [1.82, 2.24) is 4.98 Å². The van der Waals surface area contributed by atoms with E-state index in [2.05, 4.69) is 10.3 Å². The molecule has 0 aliphatic rings. The molecule has 0 bridgehead atoms. The molecule has 26 heavy (non-hydrogen) atoms. The molecule has 2 aromatic carbocycles. The van der Waals surface area contributed by atoms with Crippen molar-refractivity contribution in [2.24, 2.45) is 0 Å². The topological polar surface area (TPSA) is 76.1 Å². The summed E-state index contributed by atoms with van der Waals surface area (Å²) in [6.07, 6.45) is 0.141. The maximum atomic E-state index is 12.3. The molecule has 0 aliphatic heterocycles. The first kappa shape index (κ1) is 18.8. The van der Waals surface area contributed by atoms with Gasteiger partial charge in [0.2, 0.25) is 5.91 Å². The number of sulfone groups is 1. The molecule has 0 unspecified atom stereocenters. The van der Waals surface area contributed by atoms with Crippen LogP contribution in [0.15, 0.2) is 41.3 Å². The zero-order valence-electron chi connectivity index (χ0n) is 14.2. The summed E-state index contributed by atoms with van der Waals surface area (Å²) in [6.45, 7) is 3.49. The van der Waals surface area contributed by atoms with Gasteiger partial charge >= 0.3 is 0 Å². The second-order valence-electron chi connectivity index (χ2n) is 5.81. The van der Waals surface area contributed by atoms with E-state index in [-0.39, 0.29) is 23.0 Å². The number of aromatic nitrogens is 1.